The average Bonchev–Trinajstić information content (AvgIpc) is 3.27. The van der Waals surface area contributed by atoms with E-state index in [1.165, 1.54) is 0 Å². The summed E-state index contributed by atoms with van der Waals surface area (Å²) in [6.07, 6.45) is -2.33. The number of rotatable bonds is 10. The Morgan fingerprint density at radius 1 is 1.21 bits per heavy atom. The fourth-order valence-corrected chi connectivity index (χ4v) is 4.60. The van der Waals surface area contributed by atoms with Crippen molar-refractivity contribution in [2.75, 3.05) is 31.1 Å². The first kappa shape index (κ1) is 26.5. The molecule has 0 spiro atoms. The second-order valence-corrected chi connectivity index (χ2v) is 9.09. The molecule has 9 nitrogen and oxygen atoms in total. The fourth-order valence-electron chi connectivity index (χ4n) is 3.25. The van der Waals surface area contributed by atoms with Crippen LogP contribution < -0.4 is 14.8 Å². The van der Waals surface area contributed by atoms with E-state index in [0.29, 0.717) is 38.3 Å². The molecule has 184 valence electrons. The highest BCUT2D eigenvalue weighted by atomic mass is 79.9. The second kappa shape index (κ2) is 12.5. The van der Waals surface area contributed by atoms with Crippen molar-refractivity contribution in [3.63, 3.8) is 0 Å². The predicted octanol–water partition coefficient (Wildman–Crippen LogP) is 5.20. The van der Waals surface area contributed by atoms with Crippen molar-refractivity contribution in [1.29, 1.82) is 0 Å². The first-order valence-electron chi connectivity index (χ1n) is 10.3. The Hall–Kier alpha value is -2.15. The summed E-state index contributed by atoms with van der Waals surface area (Å²) < 4.78 is 28.3. The van der Waals surface area contributed by atoms with Crippen LogP contribution in [0.4, 0.5) is 10.5 Å². The summed E-state index contributed by atoms with van der Waals surface area (Å²) in [4.78, 5) is 24.3. The molecular formula is C22H23Br2NO8S. The van der Waals surface area contributed by atoms with E-state index in [0.717, 1.165) is 0 Å². The first-order valence-corrected chi connectivity index (χ1v) is 12.5. The molecule has 0 fully saturated rings. The van der Waals surface area contributed by atoms with E-state index in [4.69, 9.17) is 23.7 Å². The number of thiol groups is 1. The summed E-state index contributed by atoms with van der Waals surface area (Å²) in [7, 11) is 0. The Balaban J connectivity index is 1.84. The summed E-state index contributed by atoms with van der Waals surface area (Å²) >= 11 is 10.6. The molecule has 12 heteroatoms. The molecule has 1 amide bonds. The number of phenols is 1. The maximum Gasteiger partial charge on any atom is 0.412 e. The molecule has 0 saturated carbocycles. The molecule has 0 radical (unpaired) electrons. The number of phenolic OH excluding ortho intramolecular Hbond substituents is 1. The van der Waals surface area contributed by atoms with Gasteiger partial charge in [0.05, 0.1) is 16.8 Å². The minimum absolute atomic E-state index is 0.0175. The molecular weight excluding hydrogens is 598 g/mol. The highest BCUT2D eigenvalue weighted by Crippen LogP contribution is 2.40. The van der Waals surface area contributed by atoms with E-state index in [2.05, 4.69) is 49.8 Å². The summed E-state index contributed by atoms with van der Waals surface area (Å²) in [5.41, 5.74) is 0.740. The third-order valence-electron chi connectivity index (χ3n) is 4.73. The molecule has 1 aliphatic rings. The molecule has 1 aliphatic heterocycles. The van der Waals surface area contributed by atoms with Crippen molar-refractivity contribution in [3.05, 3.63) is 44.8 Å². The molecule has 0 unspecified atom stereocenters. The van der Waals surface area contributed by atoms with Crippen molar-refractivity contribution in [1.82, 2.24) is 0 Å². The number of carbonyl (C=O) groups excluding carboxylic acids is 2. The standard InChI is InChI=1S/C22H23Br2NO8S/c1-2-29-17(5-6-30-19(26)10-34)21(14-7-12(23)8-15(24)20(14)27)33-22(28)25-13-3-4-16-18(9-13)32-11-31-16/h3-4,7-9,17,21,27,34H,2,5-6,10-11H2,1H3,(H,25,28)/t17-,21-/m0/s1. The maximum absolute atomic E-state index is 12.9. The van der Waals surface area contributed by atoms with E-state index in [-0.39, 0.29) is 31.3 Å². The molecule has 0 aliphatic carbocycles. The van der Waals surface area contributed by atoms with Crippen LogP contribution in [0.2, 0.25) is 0 Å². The van der Waals surface area contributed by atoms with Gasteiger partial charge in [0.15, 0.2) is 17.6 Å². The predicted molar refractivity (Wildman–Crippen MR) is 134 cm³/mol. The van der Waals surface area contributed by atoms with E-state index >= 15 is 0 Å². The lowest BCUT2D eigenvalue weighted by Gasteiger charge is -2.28. The van der Waals surface area contributed by atoms with E-state index in [1.54, 1.807) is 37.3 Å². The van der Waals surface area contributed by atoms with Crippen LogP contribution in [0.25, 0.3) is 0 Å². The van der Waals surface area contributed by atoms with Crippen LogP contribution in [-0.4, -0.2) is 49.0 Å². The number of anilines is 1. The molecule has 0 saturated heterocycles. The van der Waals surface area contributed by atoms with Gasteiger partial charge in [0.25, 0.3) is 0 Å². The molecule has 0 bridgehead atoms. The lowest BCUT2D eigenvalue weighted by atomic mass is 10.0. The molecule has 2 atom stereocenters. The number of halogens is 2. The van der Waals surface area contributed by atoms with Crippen LogP contribution in [-0.2, 0) is 19.0 Å². The largest absolute Gasteiger partial charge is 0.506 e. The Kier molecular flexibility index (Phi) is 9.74. The average molecular weight is 621 g/mol. The number of carbonyl (C=O) groups is 2. The molecule has 3 rings (SSSR count). The monoisotopic (exact) mass is 619 g/mol. The number of aromatic hydroxyl groups is 1. The Labute approximate surface area is 218 Å². The van der Waals surface area contributed by atoms with Crippen LogP contribution in [0.15, 0.2) is 39.3 Å². The minimum Gasteiger partial charge on any atom is -0.506 e. The van der Waals surface area contributed by atoms with Gasteiger partial charge in [-0.2, -0.15) is 12.6 Å². The van der Waals surface area contributed by atoms with Gasteiger partial charge in [0.1, 0.15) is 11.9 Å². The van der Waals surface area contributed by atoms with E-state index in [9.17, 15) is 14.7 Å². The third kappa shape index (κ3) is 6.94. The van der Waals surface area contributed by atoms with Crippen LogP contribution in [0.3, 0.4) is 0 Å². The lowest BCUT2D eigenvalue weighted by molar-refractivity contribution is -0.142. The van der Waals surface area contributed by atoms with Gasteiger partial charge in [-0.3, -0.25) is 10.1 Å². The van der Waals surface area contributed by atoms with Gasteiger partial charge in [0.2, 0.25) is 6.79 Å². The highest BCUT2D eigenvalue weighted by Gasteiger charge is 2.31. The number of hydrogen-bond acceptors (Lipinski definition) is 9. The Bertz CT molecular complexity index is 1040. The zero-order valence-electron chi connectivity index (χ0n) is 18.1. The second-order valence-electron chi connectivity index (χ2n) is 7.01. The van der Waals surface area contributed by atoms with Gasteiger partial charge >= 0.3 is 12.1 Å². The van der Waals surface area contributed by atoms with Gasteiger partial charge in [-0.1, -0.05) is 15.9 Å². The van der Waals surface area contributed by atoms with Crippen molar-refractivity contribution in [2.45, 2.75) is 25.6 Å². The van der Waals surface area contributed by atoms with Crippen molar-refractivity contribution < 1.29 is 38.4 Å². The summed E-state index contributed by atoms with van der Waals surface area (Å²) in [6.45, 7) is 2.21. The SMILES string of the molecule is CCO[C@@H](CCOC(=O)CS)[C@@H](OC(=O)Nc1ccc2c(c1)OCO2)c1cc(Br)cc(Br)c1O. The summed E-state index contributed by atoms with van der Waals surface area (Å²) in [5.74, 6) is 0.427. The number of amides is 1. The first-order chi connectivity index (χ1) is 16.3. The van der Waals surface area contributed by atoms with Gasteiger partial charge in [-0.05, 0) is 47.1 Å². The third-order valence-corrected chi connectivity index (χ3v) is 6.05. The molecule has 34 heavy (non-hydrogen) atoms. The summed E-state index contributed by atoms with van der Waals surface area (Å²) in [5, 5.41) is 13.4. The molecule has 0 aromatic heterocycles. The quantitative estimate of drug-likeness (QED) is 0.245. The number of benzene rings is 2. The van der Waals surface area contributed by atoms with Crippen molar-refractivity contribution in [3.8, 4) is 17.2 Å². The van der Waals surface area contributed by atoms with E-state index in [1.807, 2.05) is 0 Å². The molecule has 2 aromatic carbocycles. The number of ether oxygens (including phenoxy) is 5. The maximum atomic E-state index is 12.9. The summed E-state index contributed by atoms with van der Waals surface area (Å²) in [6, 6.07) is 8.22. The van der Waals surface area contributed by atoms with Crippen molar-refractivity contribution in [2.24, 2.45) is 0 Å². The normalized spacial score (nSPS) is 13.8. The number of hydrogen-bond donors (Lipinski definition) is 3. The Morgan fingerprint density at radius 3 is 2.71 bits per heavy atom. The fraction of sp³-hybridized carbons (Fsp3) is 0.364. The zero-order chi connectivity index (χ0) is 24.7. The van der Waals surface area contributed by atoms with Crippen LogP contribution in [0, 0.1) is 0 Å². The molecule has 2 N–H and O–H groups in total. The number of nitrogens with one attached hydrogen (secondary N) is 1. The lowest BCUT2D eigenvalue weighted by Crippen LogP contribution is -2.30. The number of fused-ring (bicyclic) bond motifs is 1. The number of esters is 1. The smallest absolute Gasteiger partial charge is 0.412 e. The minimum atomic E-state index is -1.03. The zero-order valence-corrected chi connectivity index (χ0v) is 22.2. The van der Waals surface area contributed by atoms with Gasteiger partial charge in [-0.15, -0.1) is 0 Å². The van der Waals surface area contributed by atoms with E-state index < -0.39 is 24.3 Å². The van der Waals surface area contributed by atoms with Crippen molar-refractivity contribution >= 4 is 62.2 Å². The van der Waals surface area contributed by atoms with Crippen LogP contribution >= 0.6 is 44.5 Å². The van der Waals surface area contributed by atoms with Gasteiger partial charge in [-0.25, -0.2) is 4.79 Å². The topological polar surface area (TPSA) is 113 Å². The molecule has 1 heterocycles. The Morgan fingerprint density at radius 2 is 1.97 bits per heavy atom. The van der Waals surface area contributed by atoms with Gasteiger partial charge < -0.3 is 28.8 Å². The van der Waals surface area contributed by atoms with Gasteiger partial charge in [0, 0.05) is 34.8 Å². The molecule has 2 aromatic rings. The van der Waals surface area contributed by atoms with Crippen LogP contribution in [0.5, 0.6) is 17.2 Å². The highest BCUT2D eigenvalue weighted by molar-refractivity contribution is 9.11. The van der Waals surface area contributed by atoms with Crippen LogP contribution in [0.1, 0.15) is 25.0 Å².